The molecule has 13 nitrogen and oxygen atoms in total. The number of halogens is 2. The largest absolute Gasteiger partial charge is 0.399 e. The van der Waals surface area contributed by atoms with Crippen molar-refractivity contribution in [1.29, 1.82) is 0 Å². The topological polar surface area (TPSA) is 166 Å². The number of thiophene rings is 1. The van der Waals surface area contributed by atoms with E-state index in [0.717, 1.165) is 36.3 Å². The minimum atomic E-state index is -5.79. The summed E-state index contributed by atoms with van der Waals surface area (Å²) in [5.41, 5.74) is -5.28. The Morgan fingerprint density at radius 1 is 1.06 bits per heavy atom. The van der Waals surface area contributed by atoms with Crippen molar-refractivity contribution in [3.05, 3.63) is 34.7 Å². The van der Waals surface area contributed by atoms with Gasteiger partial charge >= 0.3 is 13.3 Å². The normalized spacial score (nSPS) is 25.2. The zero-order valence-corrected chi connectivity index (χ0v) is 29.5. The second-order valence-corrected chi connectivity index (χ2v) is 16.2. The second kappa shape index (κ2) is 14.9. The zero-order chi connectivity index (χ0) is 35.8. The third-order valence-electron chi connectivity index (χ3n) is 10.1. The van der Waals surface area contributed by atoms with Crippen LogP contribution in [0.5, 0.6) is 0 Å². The predicted molar refractivity (Wildman–Crippen MR) is 179 cm³/mol. The van der Waals surface area contributed by atoms with Crippen LogP contribution in [0.15, 0.2) is 24.3 Å². The summed E-state index contributed by atoms with van der Waals surface area (Å²) in [5.74, 6) is -1.50. The molecular formula is C33H43F2N4O9PS. The third kappa shape index (κ3) is 7.47. The Labute approximate surface area is 292 Å². The molecule has 0 unspecified atom stereocenters. The number of rotatable bonds is 10. The number of likely N-dealkylation sites (tertiary alicyclic amines) is 1. The number of nitrogens with one attached hydrogen (secondary N) is 1. The number of fused-ring (bicyclic) bond motifs is 2. The van der Waals surface area contributed by atoms with Crippen LogP contribution >= 0.6 is 18.9 Å². The fourth-order valence-electron chi connectivity index (χ4n) is 7.26. The van der Waals surface area contributed by atoms with E-state index in [1.54, 1.807) is 14.7 Å². The van der Waals surface area contributed by atoms with Crippen LogP contribution in [0.3, 0.4) is 0 Å². The van der Waals surface area contributed by atoms with Gasteiger partial charge in [0.25, 0.3) is 5.91 Å². The van der Waals surface area contributed by atoms with Crippen LogP contribution in [0.2, 0.25) is 0 Å². The van der Waals surface area contributed by atoms with Gasteiger partial charge in [-0.25, -0.2) is 0 Å². The summed E-state index contributed by atoms with van der Waals surface area (Å²) in [6, 6.07) is 2.51. The van der Waals surface area contributed by atoms with E-state index in [2.05, 4.69) is 5.32 Å². The molecule has 1 aromatic carbocycles. The maximum absolute atomic E-state index is 14.4. The number of nitrogens with zero attached hydrogens (tertiary/aromatic N) is 3. The standard InChI is InChI=1S/C33H43F2N4O9PS/c1-2-3-12-48-24-7-5-23-6-8-26(32(43)38-18-21(19-38)30(41)37-10-13-47-14-11-37)39(23)31(42)25(17-24)36-29(40)28-16-20-15-22(4-9-27(20)50-28)33(34,35)49(44,45)46/h4,9,15-16,21,23-26H,2-3,5-8,10-14,17-19H2,1H3,(H,36,40)(H2,44,45,46)/t23-,24-,25-,26-/m0/s1. The van der Waals surface area contributed by atoms with Crippen LogP contribution in [0.4, 0.5) is 8.78 Å². The highest BCUT2D eigenvalue weighted by molar-refractivity contribution is 7.52. The van der Waals surface area contributed by atoms with Gasteiger partial charge in [0, 0.05) is 55.5 Å². The molecular weight excluding hydrogens is 697 g/mol. The molecule has 6 rings (SSSR count). The monoisotopic (exact) mass is 740 g/mol. The molecule has 1 aromatic heterocycles. The Morgan fingerprint density at radius 3 is 2.48 bits per heavy atom. The zero-order valence-electron chi connectivity index (χ0n) is 27.8. The first-order valence-corrected chi connectivity index (χ1v) is 19.6. The number of hydrogen-bond acceptors (Lipinski definition) is 8. The highest BCUT2D eigenvalue weighted by Gasteiger charge is 2.51. The summed E-state index contributed by atoms with van der Waals surface area (Å²) in [6.07, 6.45) is 3.99. The summed E-state index contributed by atoms with van der Waals surface area (Å²) in [6.45, 7) is 5.17. The van der Waals surface area contributed by atoms with Crippen LogP contribution in [-0.2, 0) is 34.1 Å². The van der Waals surface area contributed by atoms with Crippen molar-refractivity contribution < 1.29 is 51.8 Å². The number of alkyl halides is 2. The Kier molecular flexibility index (Phi) is 11.0. The van der Waals surface area contributed by atoms with Crippen molar-refractivity contribution in [3.8, 4) is 0 Å². The molecule has 0 saturated carbocycles. The smallest absolute Gasteiger partial charge is 0.378 e. The van der Waals surface area contributed by atoms with E-state index in [9.17, 15) is 32.5 Å². The summed E-state index contributed by atoms with van der Waals surface area (Å²) in [7, 11) is -5.79. The molecule has 3 N–H and O–H groups in total. The molecule has 0 bridgehead atoms. The summed E-state index contributed by atoms with van der Waals surface area (Å²) in [5, 5.41) is 3.03. The molecule has 0 spiro atoms. The van der Waals surface area contributed by atoms with E-state index in [1.807, 2.05) is 6.92 Å². The summed E-state index contributed by atoms with van der Waals surface area (Å²) < 4.78 is 52.1. The SMILES string of the molecule is CCCCO[C@H]1CC[C@H]2CC[C@@H](C(=O)N3CC(C(=O)N4CCOCC4)C3)N2C(=O)[C@@H](NC(=O)c2cc3cc(C(F)(F)P(=O)(O)O)ccc3s2)C1. The van der Waals surface area contributed by atoms with Crippen molar-refractivity contribution in [1.82, 2.24) is 20.0 Å². The highest BCUT2D eigenvalue weighted by atomic mass is 32.1. The van der Waals surface area contributed by atoms with E-state index >= 15 is 0 Å². The van der Waals surface area contributed by atoms with Gasteiger partial charge in [-0.2, -0.15) is 8.78 Å². The second-order valence-electron chi connectivity index (χ2n) is 13.5. The Hall–Kier alpha value is -3.01. The Morgan fingerprint density at radius 2 is 1.78 bits per heavy atom. The number of carbonyl (C=O) groups excluding carboxylic acids is 4. The molecule has 4 aliphatic rings. The number of hydrogen-bond donors (Lipinski definition) is 3. The molecule has 274 valence electrons. The molecule has 0 aliphatic carbocycles. The molecule has 4 amide bonds. The molecule has 0 radical (unpaired) electrons. The number of morpholine rings is 1. The van der Waals surface area contributed by atoms with Gasteiger partial charge in [0.2, 0.25) is 17.7 Å². The van der Waals surface area contributed by atoms with Gasteiger partial charge in [0.1, 0.15) is 12.1 Å². The predicted octanol–water partition coefficient (Wildman–Crippen LogP) is 3.27. The average molecular weight is 741 g/mol. The van der Waals surface area contributed by atoms with Crippen LogP contribution in [0.1, 0.15) is 67.1 Å². The number of benzene rings is 1. The summed E-state index contributed by atoms with van der Waals surface area (Å²) >= 11 is 0.995. The van der Waals surface area contributed by atoms with E-state index in [4.69, 9.17) is 19.3 Å². The Bertz CT molecular complexity index is 1660. The van der Waals surface area contributed by atoms with Crippen LogP contribution in [0, 0.1) is 5.92 Å². The lowest BCUT2D eigenvalue weighted by Gasteiger charge is -2.44. The van der Waals surface area contributed by atoms with E-state index in [-0.39, 0.29) is 46.6 Å². The van der Waals surface area contributed by atoms with Gasteiger partial charge in [-0.3, -0.25) is 23.7 Å². The van der Waals surface area contributed by atoms with Crippen molar-refractivity contribution in [2.75, 3.05) is 46.0 Å². The average Bonchev–Trinajstić information content (AvgIpc) is 3.69. The number of ether oxygens (including phenoxy) is 2. The van der Waals surface area contributed by atoms with E-state index < -0.39 is 42.7 Å². The fourth-order valence-corrected chi connectivity index (χ4v) is 8.68. The molecule has 4 fully saturated rings. The number of unbranched alkanes of at least 4 members (excludes halogenated alkanes) is 1. The molecule has 2 aromatic rings. The quantitative estimate of drug-likeness (QED) is 0.245. The highest BCUT2D eigenvalue weighted by Crippen LogP contribution is 2.59. The molecule has 4 saturated heterocycles. The third-order valence-corrected chi connectivity index (χ3v) is 12.2. The first kappa shape index (κ1) is 36.8. The number of amides is 4. The maximum Gasteiger partial charge on any atom is 0.399 e. The minimum absolute atomic E-state index is 0.00819. The lowest BCUT2D eigenvalue weighted by molar-refractivity contribution is -0.157. The van der Waals surface area contributed by atoms with Gasteiger partial charge in [-0.05, 0) is 55.7 Å². The van der Waals surface area contributed by atoms with Gasteiger partial charge in [-0.15, -0.1) is 11.3 Å². The van der Waals surface area contributed by atoms with Gasteiger partial charge in [0.05, 0.1) is 30.1 Å². The first-order valence-electron chi connectivity index (χ1n) is 17.2. The van der Waals surface area contributed by atoms with Crippen molar-refractivity contribution >= 4 is 52.6 Å². The van der Waals surface area contributed by atoms with E-state index in [0.29, 0.717) is 76.4 Å². The minimum Gasteiger partial charge on any atom is -0.378 e. The van der Waals surface area contributed by atoms with Gasteiger partial charge < -0.3 is 39.3 Å². The molecule has 17 heteroatoms. The molecule has 4 atom stereocenters. The van der Waals surface area contributed by atoms with Crippen molar-refractivity contribution in [3.63, 3.8) is 0 Å². The molecule has 50 heavy (non-hydrogen) atoms. The maximum atomic E-state index is 14.4. The van der Waals surface area contributed by atoms with Crippen molar-refractivity contribution in [2.45, 2.75) is 81.8 Å². The van der Waals surface area contributed by atoms with E-state index in [1.165, 1.54) is 12.1 Å². The lowest BCUT2D eigenvalue weighted by Crippen LogP contribution is -2.63. The Balaban J connectivity index is 1.18. The molecule has 5 heterocycles. The van der Waals surface area contributed by atoms with Crippen LogP contribution in [0.25, 0.3) is 10.1 Å². The molecule has 4 aliphatic heterocycles. The van der Waals surface area contributed by atoms with Gasteiger partial charge in [0.15, 0.2) is 0 Å². The van der Waals surface area contributed by atoms with Gasteiger partial charge in [-0.1, -0.05) is 19.4 Å². The first-order chi connectivity index (χ1) is 23.8. The van der Waals surface area contributed by atoms with Crippen LogP contribution in [-0.4, -0.2) is 118 Å². The van der Waals surface area contributed by atoms with Crippen molar-refractivity contribution in [2.24, 2.45) is 5.92 Å². The number of carbonyl (C=O) groups is 4. The van der Waals surface area contributed by atoms with Crippen LogP contribution < -0.4 is 5.32 Å². The lowest BCUT2D eigenvalue weighted by atomic mass is 9.95. The fraction of sp³-hybridized carbons (Fsp3) is 0.636. The summed E-state index contributed by atoms with van der Waals surface area (Å²) in [4.78, 5) is 78.1.